The summed E-state index contributed by atoms with van der Waals surface area (Å²) in [6, 6.07) is 11.1. The summed E-state index contributed by atoms with van der Waals surface area (Å²) in [5.74, 6) is 1.78. The second kappa shape index (κ2) is 8.18. The van der Waals surface area contributed by atoms with Crippen LogP contribution in [0.2, 0.25) is 0 Å². The highest BCUT2D eigenvalue weighted by molar-refractivity contribution is 5.94. The molecule has 1 saturated heterocycles. The molecule has 1 aliphatic rings. The first-order valence-electron chi connectivity index (χ1n) is 8.59. The minimum Gasteiger partial charge on any atom is -0.497 e. The molecule has 0 saturated carbocycles. The third-order valence-corrected chi connectivity index (χ3v) is 4.65. The van der Waals surface area contributed by atoms with Crippen LogP contribution in [0.3, 0.4) is 0 Å². The van der Waals surface area contributed by atoms with Crippen molar-refractivity contribution in [3.8, 4) is 5.75 Å². The Morgan fingerprint density at radius 2 is 1.92 bits per heavy atom. The maximum atomic E-state index is 12.5. The Labute approximate surface area is 148 Å². The third-order valence-electron chi connectivity index (χ3n) is 4.65. The molecule has 1 N–H and O–H groups in total. The number of methoxy groups -OCH3 is 1. The second-order valence-electron chi connectivity index (χ2n) is 6.29. The number of furan rings is 1. The van der Waals surface area contributed by atoms with Crippen molar-refractivity contribution in [2.24, 2.45) is 0 Å². The van der Waals surface area contributed by atoms with Gasteiger partial charge in [-0.25, -0.2) is 0 Å². The van der Waals surface area contributed by atoms with Gasteiger partial charge in [0.1, 0.15) is 11.5 Å². The number of carbonyl (C=O) groups is 1. The molecule has 0 aliphatic carbocycles. The topological polar surface area (TPSA) is 58.0 Å². The van der Waals surface area contributed by atoms with Crippen molar-refractivity contribution in [3.05, 3.63) is 48.4 Å². The van der Waals surface area contributed by atoms with E-state index in [1.807, 2.05) is 43.3 Å². The van der Waals surface area contributed by atoms with Gasteiger partial charge in [0.05, 0.1) is 26.0 Å². The van der Waals surface area contributed by atoms with E-state index in [1.54, 1.807) is 13.4 Å². The van der Waals surface area contributed by atoms with Gasteiger partial charge in [-0.05, 0) is 43.3 Å². The molecule has 134 valence electrons. The highest BCUT2D eigenvalue weighted by atomic mass is 16.5. The molecule has 1 fully saturated rings. The number of nitrogens with zero attached hydrogens (tertiary/aromatic N) is 2. The van der Waals surface area contributed by atoms with Crippen molar-refractivity contribution in [1.82, 2.24) is 9.80 Å². The summed E-state index contributed by atoms with van der Waals surface area (Å²) in [7, 11) is 1.63. The standard InChI is InChI=1S/C19H25N3O3/c1-15(19(23)20-16-5-7-17(24-2)8-6-16)22-11-9-21(10-12-22)14-18-4-3-13-25-18/h3-8,13,15H,9-12,14H2,1-2H3,(H,20,23)/t15-/m1/s1. The highest BCUT2D eigenvalue weighted by Crippen LogP contribution is 2.16. The number of hydrogen-bond donors (Lipinski definition) is 1. The first-order chi connectivity index (χ1) is 12.2. The van der Waals surface area contributed by atoms with E-state index in [-0.39, 0.29) is 11.9 Å². The number of rotatable bonds is 6. The summed E-state index contributed by atoms with van der Waals surface area (Å²) in [4.78, 5) is 17.1. The zero-order valence-corrected chi connectivity index (χ0v) is 14.8. The molecule has 0 radical (unpaired) electrons. The van der Waals surface area contributed by atoms with Crippen molar-refractivity contribution >= 4 is 11.6 Å². The number of ether oxygens (including phenoxy) is 1. The quantitative estimate of drug-likeness (QED) is 0.873. The number of amides is 1. The monoisotopic (exact) mass is 343 g/mol. The first-order valence-corrected chi connectivity index (χ1v) is 8.59. The van der Waals surface area contributed by atoms with Gasteiger partial charge in [-0.15, -0.1) is 0 Å². The van der Waals surface area contributed by atoms with E-state index in [9.17, 15) is 4.79 Å². The minimum absolute atomic E-state index is 0.0182. The van der Waals surface area contributed by atoms with Crippen molar-refractivity contribution in [3.63, 3.8) is 0 Å². The minimum atomic E-state index is -0.159. The molecule has 3 rings (SSSR count). The average Bonchev–Trinajstić information content (AvgIpc) is 3.15. The van der Waals surface area contributed by atoms with Crippen molar-refractivity contribution in [1.29, 1.82) is 0 Å². The van der Waals surface area contributed by atoms with Gasteiger partial charge in [0, 0.05) is 31.9 Å². The van der Waals surface area contributed by atoms with Crippen LogP contribution in [-0.2, 0) is 11.3 Å². The Kier molecular flexibility index (Phi) is 5.73. The largest absolute Gasteiger partial charge is 0.497 e. The van der Waals surface area contributed by atoms with E-state index in [4.69, 9.17) is 9.15 Å². The molecule has 0 bridgehead atoms. The molecule has 0 spiro atoms. The number of anilines is 1. The fourth-order valence-corrected chi connectivity index (χ4v) is 3.02. The Morgan fingerprint density at radius 3 is 2.52 bits per heavy atom. The normalized spacial score (nSPS) is 17.2. The lowest BCUT2D eigenvalue weighted by molar-refractivity contribution is -0.121. The van der Waals surface area contributed by atoms with Crippen LogP contribution in [0, 0.1) is 0 Å². The van der Waals surface area contributed by atoms with Gasteiger partial charge in [-0.1, -0.05) is 0 Å². The molecule has 0 unspecified atom stereocenters. The van der Waals surface area contributed by atoms with Gasteiger partial charge in [0.2, 0.25) is 5.91 Å². The summed E-state index contributed by atoms with van der Waals surface area (Å²) in [6.07, 6.45) is 1.71. The zero-order chi connectivity index (χ0) is 17.6. The van der Waals surface area contributed by atoms with Crippen LogP contribution < -0.4 is 10.1 Å². The molecule has 1 aromatic carbocycles. The van der Waals surface area contributed by atoms with Crippen LogP contribution in [0.15, 0.2) is 47.1 Å². The lowest BCUT2D eigenvalue weighted by Crippen LogP contribution is -2.52. The number of benzene rings is 1. The van der Waals surface area contributed by atoms with E-state index in [2.05, 4.69) is 15.1 Å². The highest BCUT2D eigenvalue weighted by Gasteiger charge is 2.25. The maximum Gasteiger partial charge on any atom is 0.241 e. The van der Waals surface area contributed by atoms with E-state index in [0.29, 0.717) is 0 Å². The molecule has 2 aromatic rings. The molecular formula is C19H25N3O3. The van der Waals surface area contributed by atoms with Gasteiger partial charge in [0.25, 0.3) is 0 Å². The Morgan fingerprint density at radius 1 is 1.20 bits per heavy atom. The fourth-order valence-electron chi connectivity index (χ4n) is 3.02. The number of hydrogen-bond acceptors (Lipinski definition) is 5. The molecule has 6 heteroatoms. The van der Waals surface area contributed by atoms with E-state index in [1.165, 1.54) is 0 Å². The van der Waals surface area contributed by atoms with E-state index in [0.717, 1.165) is 49.9 Å². The number of carbonyl (C=O) groups excluding carboxylic acids is 1. The van der Waals surface area contributed by atoms with Crippen LogP contribution in [-0.4, -0.2) is 55.0 Å². The average molecular weight is 343 g/mol. The first kappa shape index (κ1) is 17.5. The van der Waals surface area contributed by atoms with Gasteiger partial charge >= 0.3 is 0 Å². The number of nitrogens with one attached hydrogen (secondary N) is 1. The molecule has 1 aliphatic heterocycles. The van der Waals surface area contributed by atoms with Crippen LogP contribution in [0.25, 0.3) is 0 Å². The smallest absolute Gasteiger partial charge is 0.241 e. The molecular weight excluding hydrogens is 318 g/mol. The van der Waals surface area contributed by atoms with E-state index < -0.39 is 0 Å². The summed E-state index contributed by atoms with van der Waals surface area (Å²) < 4.78 is 10.5. The molecule has 25 heavy (non-hydrogen) atoms. The lowest BCUT2D eigenvalue weighted by Gasteiger charge is -2.37. The summed E-state index contributed by atoms with van der Waals surface area (Å²) >= 11 is 0. The van der Waals surface area contributed by atoms with Crippen LogP contribution >= 0.6 is 0 Å². The Bertz CT molecular complexity index is 662. The van der Waals surface area contributed by atoms with Gasteiger partial charge in [0.15, 0.2) is 0 Å². The Balaban J connectivity index is 1.47. The lowest BCUT2D eigenvalue weighted by atomic mass is 10.2. The van der Waals surface area contributed by atoms with Crippen LogP contribution in [0.5, 0.6) is 5.75 Å². The Hall–Kier alpha value is -2.31. The van der Waals surface area contributed by atoms with Crippen molar-refractivity contribution in [2.75, 3.05) is 38.6 Å². The van der Waals surface area contributed by atoms with Crippen molar-refractivity contribution < 1.29 is 13.9 Å². The maximum absolute atomic E-state index is 12.5. The third kappa shape index (κ3) is 4.61. The predicted octanol–water partition coefficient (Wildman–Crippen LogP) is 2.43. The van der Waals surface area contributed by atoms with Gasteiger partial charge < -0.3 is 14.5 Å². The second-order valence-corrected chi connectivity index (χ2v) is 6.29. The molecule has 1 atom stereocenters. The fraction of sp³-hybridized carbons (Fsp3) is 0.421. The van der Waals surface area contributed by atoms with Crippen LogP contribution in [0.4, 0.5) is 5.69 Å². The summed E-state index contributed by atoms with van der Waals surface area (Å²) in [6.45, 7) is 6.39. The summed E-state index contributed by atoms with van der Waals surface area (Å²) in [5, 5.41) is 2.97. The number of piperazine rings is 1. The zero-order valence-electron chi connectivity index (χ0n) is 14.8. The molecule has 2 heterocycles. The SMILES string of the molecule is COc1ccc(NC(=O)[C@@H](C)N2CCN(Cc3ccco3)CC2)cc1. The van der Waals surface area contributed by atoms with E-state index >= 15 is 0 Å². The van der Waals surface area contributed by atoms with Gasteiger partial charge in [-0.3, -0.25) is 14.6 Å². The molecule has 6 nitrogen and oxygen atoms in total. The van der Waals surface area contributed by atoms with Crippen molar-refractivity contribution in [2.45, 2.75) is 19.5 Å². The summed E-state index contributed by atoms with van der Waals surface area (Å²) in [5.41, 5.74) is 0.786. The molecule has 1 aromatic heterocycles. The molecule has 1 amide bonds. The van der Waals surface area contributed by atoms with Gasteiger partial charge in [-0.2, -0.15) is 0 Å². The van der Waals surface area contributed by atoms with Crippen LogP contribution in [0.1, 0.15) is 12.7 Å². The predicted molar refractivity (Wildman–Crippen MR) is 96.6 cm³/mol.